The summed E-state index contributed by atoms with van der Waals surface area (Å²) in [6.45, 7) is 1.10. The molecule has 0 radical (unpaired) electrons. The highest BCUT2D eigenvalue weighted by atomic mass is 32.1. The van der Waals surface area contributed by atoms with Gasteiger partial charge in [-0.05, 0) is 24.1 Å². The standard InChI is InChI=1S/C21H18N2O2S/c24-21(19-14-17-8-4-5-9-18(17)25-19)23(15-20-22-11-13-26-20)12-10-16-6-2-1-3-7-16/h1-9,11,13-14H,10,12,15H2. The van der Waals surface area contributed by atoms with Crippen LogP contribution in [0.4, 0.5) is 0 Å². The molecule has 0 aliphatic carbocycles. The number of hydrogen-bond acceptors (Lipinski definition) is 4. The van der Waals surface area contributed by atoms with Crippen molar-refractivity contribution < 1.29 is 9.21 Å². The van der Waals surface area contributed by atoms with Crippen LogP contribution in [0.2, 0.25) is 0 Å². The lowest BCUT2D eigenvalue weighted by molar-refractivity contribution is 0.0715. The summed E-state index contributed by atoms with van der Waals surface area (Å²) >= 11 is 1.55. The maximum absolute atomic E-state index is 13.1. The molecule has 4 nitrogen and oxygen atoms in total. The fourth-order valence-corrected chi connectivity index (χ4v) is 3.53. The van der Waals surface area contributed by atoms with Crippen molar-refractivity contribution in [2.45, 2.75) is 13.0 Å². The van der Waals surface area contributed by atoms with Crippen LogP contribution >= 0.6 is 11.3 Å². The number of nitrogens with zero attached hydrogens (tertiary/aromatic N) is 2. The molecule has 0 fully saturated rings. The lowest BCUT2D eigenvalue weighted by Crippen LogP contribution is -2.32. The van der Waals surface area contributed by atoms with Crippen molar-refractivity contribution in [2.75, 3.05) is 6.54 Å². The number of rotatable bonds is 6. The van der Waals surface area contributed by atoms with E-state index < -0.39 is 0 Å². The summed E-state index contributed by atoms with van der Waals surface area (Å²) in [7, 11) is 0. The molecule has 0 N–H and O–H groups in total. The Hall–Kier alpha value is -2.92. The van der Waals surface area contributed by atoms with Gasteiger partial charge < -0.3 is 9.32 Å². The topological polar surface area (TPSA) is 46.3 Å². The number of amides is 1. The van der Waals surface area contributed by atoms with Crippen molar-refractivity contribution in [2.24, 2.45) is 0 Å². The van der Waals surface area contributed by atoms with Gasteiger partial charge in [0.25, 0.3) is 5.91 Å². The highest BCUT2D eigenvalue weighted by molar-refractivity contribution is 7.09. The first-order chi connectivity index (χ1) is 12.8. The number of carbonyl (C=O) groups is 1. The van der Waals surface area contributed by atoms with E-state index in [4.69, 9.17) is 4.42 Å². The predicted molar refractivity (Wildman–Crippen MR) is 103 cm³/mol. The monoisotopic (exact) mass is 362 g/mol. The lowest BCUT2D eigenvalue weighted by atomic mass is 10.1. The van der Waals surface area contributed by atoms with Crippen LogP contribution in [0, 0.1) is 0 Å². The summed E-state index contributed by atoms with van der Waals surface area (Å²) in [5, 5.41) is 3.78. The van der Waals surface area contributed by atoms with Crippen LogP contribution < -0.4 is 0 Å². The fourth-order valence-electron chi connectivity index (χ4n) is 2.90. The Morgan fingerprint density at radius 3 is 2.65 bits per heavy atom. The number of benzene rings is 2. The highest BCUT2D eigenvalue weighted by Crippen LogP contribution is 2.21. The van der Waals surface area contributed by atoms with Gasteiger partial charge in [-0.15, -0.1) is 11.3 Å². The van der Waals surface area contributed by atoms with Crippen LogP contribution in [-0.2, 0) is 13.0 Å². The largest absolute Gasteiger partial charge is 0.451 e. The summed E-state index contributed by atoms with van der Waals surface area (Å²) in [6.07, 6.45) is 2.55. The number of hydrogen-bond donors (Lipinski definition) is 0. The Morgan fingerprint density at radius 2 is 1.88 bits per heavy atom. The predicted octanol–water partition coefficient (Wildman–Crippen LogP) is 4.77. The van der Waals surface area contributed by atoms with Crippen molar-refractivity contribution in [1.29, 1.82) is 0 Å². The zero-order chi connectivity index (χ0) is 17.8. The molecular weight excluding hydrogens is 344 g/mol. The molecule has 0 aliphatic heterocycles. The molecule has 2 heterocycles. The van der Waals surface area contributed by atoms with Crippen LogP contribution in [0.5, 0.6) is 0 Å². The van der Waals surface area contributed by atoms with E-state index in [0.717, 1.165) is 22.4 Å². The number of carbonyl (C=O) groups excluding carboxylic acids is 1. The minimum atomic E-state index is -0.104. The van der Waals surface area contributed by atoms with Gasteiger partial charge in [0, 0.05) is 23.5 Å². The first-order valence-corrected chi connectivity index (χ1v) is 9.38. The van der Waals surface area contributed by atoms with Gasteiger partial charge >= 0.3 is 0 Å². The maximum atomic E-state index is 13.1. The quantitative estimate of drug-likeness (QED) is 0.496. The molecule has 26 heavy (non-hydrogen) atoms. The van der Waals surface area contributed by atoms with Gasteiger partial charge in [-0.2, -0.15) is 0 Å². The van der Waals surface area contributed by atoms with Crippen molar-refractivity contribution in [3.63, 3.8) is 0 Å². The Morgan fingerprint density at radius 1 is 1.08 bits per heavy atom. The molecule has 130 valence electrons. The van der Waals surface area contributed by atoms with Gasteiger partial charge in [0.1, 0.15) is 10.6 Å². The summed E-state index contributed by atoms with van der Waals surface area (Å²) in [5.74, 6) is 0.267. The SMILES string of the molecule is O=C(c1cc2ccccc2o1)N(CCc1ccccc1)Cc1nccs1. The average molecular weight is 362 g/mol. The average Bonchev–Trinajstić information content (AvgIpc) is 3.34. The Bertz CT molecular complexity index is 960. The molecule has 0 atom stereocenters. The Kier molecular flexibility index (Phi) is 4.80. The third-order valence-corrected chi connectivity index (χ3v) is 5.01. The molecule has 0 aliphatic rings. The number of aromatic nitrogens is 1. The van der Waals surface area contributed by atoms with Crippen LogP contribution in [0.25, 0.3) is 11.0 Å². The molecule has 0 saturated carbocycles. The van der Waals surface area contributed by atoms with Crippen molar-refractivity contribution >= 4 is 28.2 Å². The number of para-hydroxylation sites is 1. The third kappa shape index (κ3) is 3.68. The first-order valence-electron chi connectivity index (χ1n) is 8.50. The van der Waals surface area contributed by atoms with Crippen molar-refractivity contribution in [3.05, 3.63) is 88.6 Å². The van der Waals surface area contributed by atoms with E-state index in [1.165, 1.54) is 5.56 Å². The maximum Gasteiger partial charge on any atom is 0.289 e. The smallest absolute Gasteiger partial charge is 0.289 e. The highest BCUT2D eigenvalue weighted by Gasteiger charge is 2.21. The van der Waals surface area contributed by atoms with Gasteiger partial charge in [-0.25, -0.2) is 4.98 Å². The van der Waals surface area contributed by atoms with Gasteiger partial charge in [0.05, 0.1) is 6.54 Å². The molecule has 5 heteroatoms. The van der Waals surface area contributed by atoms with Crippen molar-refractivity contribution in [3.8, 4) is 0 Å². The molecule has 0 saturated heterocycles. The normalized spacial score (nSPS) is 10.9. The lowest BCUT2D eigenvalue weighted by Gasteiger charge is -2.20. The van der Waals surface area contributed by atoms with E-state index >= 15 is 0 Å². The van der Waals surface area contributed by atoms with Gasteiger partial charge in [0.15, 0.2) is 5.76 Å². The summed E-state index contributed by atoms with van der Waals surface area (Å²) < 4.78 is 5.77. The summed E-state index contributed by atoms with van der Waals surface area (Å²) in [6, 6.07) is 19.7. The van der Waals surface area contributed by atoms with E-state index in [2.05, 4.69) is 17.1 Å². The van der Waals surface area contributed by atoms with Gasteiger partial charge in [-0.3, -0.25) is 4.79 Å². The third-order valence-electron chi connectivity index (χ3n) is 4.25. The zero-order valence-electron chi connectivity index (χ0n) is 14.2. The Balaban J connectivity index is 1.57. The molecule has 4 aromatic rings. The minimum absolute atomic E-state index is 0.104. The molecule has 2 aromatic carbocycles. The summed E-state index contributed by atoms with van der Waals surface area (Å²) in [5.41, 5.74) is 1.93. The first kappa shape index (κ1) is 16.5. The molecule has 0 spiro atoms. The number of fused-ring (bicyclic) bond motifs is 1. The minimum Gasteiger partial charge on any atom is -0.451 e. The number of thiazole rings is 1. The second kappa shape index (κ2) is 7.54. The van der Waals surface area contributed by atoms with E-state index in [1.54, 1.807) is 17.5 Å². The van der Waals surface area contributed by atoms with E-state index in [1.807, 2.05) is 58.8 Å². The van der Waals surface area contributed by atoms with E-state index in [-0.39, 0.29) is 5.91 Å². The molecule has 0 unspecified atom stereocenters. The van der Waals surface area contributed by atoms with Crippen LogP contribution in [0.1, 0.15) is 21.1 Å². The van der Waals surface area contributed by atoms with E-state index in [0.29, 0.717) is 18.8 Å². The number of furan rings is 1. The zero-order valence-corrected chi connectivity index (χ0v) is 15.0. The summed E-state index contributed by atoms with van der Waals surface area (Å²) in [4.78, 5) is 19.2. The molecule has 2 aromatic heterocycles. The van der Waals surface area contributed by atoms with Crippen LogP contribution in [-0.4, -0.2) is 22.3 Å². The van der Waals surface area contributed by atoms with Crippen LogP contribution in [0.3, 0.4) is 0 Å². The second-order valence-corrected chi connectivity index (χ2v) is 7.02. The molecule has 0 bridgehead atoms. The Labute approximate surface area is 155 Å². The molecular formula is C21H18N2O2S. The van der Waals surface area contributed by atoms with E-state index in [9.17, 15) is 4.79 Å². The molecule has 1 amide bonds. The second-order valence-electron chi connectivity index (χ2n) is 6.04. The van der Waals surface area contributed by atoms with Crippen molar-refractivity contribution in [1.82, 2.24) is 9.88 Å². The van der Waals surface area contributed by atoms with Crippen LogP contribution in [0.15, 0.2) is 76.7 Å². The van der Waals surface area contributed by atoms with Gasteiger partial charge in [0.2, 0.25) is 0 Å². The fraction of sp³-hybridized carbons (Fsp3) is 0.143. The van der Waals surface area contributed by atoms with Gasteiger partial charge in [-0.1, -0.05) is 48.5 Å². The molecule has 4 rings (SSSR count).